The molecule has 0 aromatic heterocycles. The van der Waals surface area contributed by atoms with Crippen LogP contribution in [-0.4, -0.2) is 62.5 Å². The van der Waals surface area contributed by atoms with Crippen molar-refractivity contribution < 1.29 is 13.2 Å². The zero-order chi connectivity index (χ0) is 20.1. The van der Waals surface area contributed by atoms with Crippen molar-refractivity contribution in [2.45, 2.75) is 6.54 Å². The molecular formula is C20H24BrN3O3S. The summed E-state index contributed by atoms with van der Waals surface area (Å²) in [6.45, 7) is 2.69. The topological polar surface area (TPSA) is 60.9 Å². The first-order valence-electron chi connectivity index (χ1n) is 9.10. The molecule has 0 aliphatic carbocycles. The van der Waals surface area contributed by atoms with Crippen molar-refractivity contribution in [1.29, 1.82) is 0 Å². The number of anilines is 1. The Labute approximate surface area is 174 Å². The molecule has 2 aromatic carbocycles. The maximum atomic E-state index is 12.7. The van der Waals surface area contributed by atoms with Crippen LogP contribution in [-0.2, 0) is 21.4 Å². The van der Waals surface area contributed by atoms with Gasteiger partial charge in [0.2, 0.25) is 15.9 Å². The molecule has 1 aliphatic rings. The van der Waals surface area contributed by atoms with Gasteiger partial charge in [-0.25, -0.2) is 8.42 Å². The summed E-state index contributed by atoms with van der Waals surface area (Å²) in [5.41, 5.74) is 1.98. The highest BCUT2D eigenvalue weighted by Gasteiger charge is 2.26. The number of para-hydroxylation sites is 1. The third kappa shape index (κ3) is 5.56. The molecule has 1 aliphatic heterocycles. The molecule has 28 heavy (non-hydrogen) atoms. The van der Waals surface area contributed by atoms with Crippen LogP contribution in [0.3, 0.4) is 0 Å². The Morgan fingerprint density at radius 2 is 1.61 bits per heavy atom. The van der Waals surface area contributed by atoms with Crippen molar-refractivity contribution >= 4 is 37.5 Å². The second kappa shape index (κ2) is 9.07. The summed E-state index contributed by atoms with van der Waals surface area (Å²) in [7, 11) is -3.50. The number of benzene rings is 2. The van der Waals surface area contributed by atoms with Crippen molar-refractivity contribution in [3.63, 3.8) is 0 Å². The minimum Gasteiger partial charge on any atom is -0.368 e. The number of hydrogen-bond acceptors (Lipinski definition) is 4. The van der Waals surface area contributed by atoms with Crippen molar-refractivity contribution in [2.24, 2.45) is 0 Å². The van der Waals surface area contributed by atoms with Gasteiger partial charge in [0.1, 0.15) is 0 Å². The number of halogens is 1. The van der Waals surface area contributed by atoms with Gasteiger partial charge < -0.3 is 9.80 Å². The fourth-order valence-corrected chi connectivity index (χ4v) is 4.18. The number of rotatable bonds is 6. The van der Waals surface area contributed by atoms with Gasteiger partial charge in [-0.3, -0.25) is 4.79 Å². The summed E-state index contributed by atoms with van der Waals surface area (Å²) in [4.78, 5) is 16.7. The predicted molar refractivity (Wildman–Crippen MR) is 115 cm³/mol. The van der Waals surface area contributed by atoms with E-state index < -0.39 is 10.0 Å². The van der Waals surface area contributed by atoms with Crippen LogP contribution in [0, 0.1) is 0 Å². The Bertz CT molecular complexity index is 896. The van der Waals surface area contributed by atoms with Gasteiger partial charge in [-0.1, -0.05) is 46.3 Å². The Balaban J connectivity index is 1.60. The molecule has 1 heterocycles. The highest BCUT2D eigenvalue weighted by atomic mass is 79.9. The zero-order valence-corrected chi connectivity index (χ0v) is 18.2. The number of amides is 1. The van der Waals surface area contributed by atoms with E-state index in [2.05, 4.69) is 33.0 Å². The summed E-state index contributed by atoms with van der Waals surface area (Å²) >= 11 is 3.37. The van der Waals surface area contributed by atoms with Crippen LogP contribution >= 0.6 is 15.9 Å². The molecule has 0 atom stereocenters. The first kappa shape index (κ1) is 20.8. The van der Waals surface area contributed by atoms with Gasteiger partial charge in [-0.2, -0.15) is 4.31 Å². The van der Waals surface area contributed by atoms with E-state index in [9.17, 15) is 13.2 Å². The first-order chi connectivity index (χ1) is 13.3. The van der Waals surface area contributed by atoms with E-state index in [0.29, 0.717) is 13.1 Å². The van der Waals surface area contributed by atoms with E-state index in [4.69, 9.17) is 0 Å². The SMILES string of the molecule is CS(=O)(=O)N(CC(=O)N1CCN(c2ccccc2)CC1)Cc1ccc(Br)cc1. The lowest BCUT2D eigenvalue weighted by molar-refractivity contribution is -0.131. The smallest absolute Gasteiger partial charge is 0.238 e. The third-order valence-corrected chi connectivity index (χ3v) is 6.53. The van der Waals surface area contributed by atoms with Crippen LogP contribution in [0.2, 0.25) is 0 Å². The van der Waals surface area contributed by atoms with E-state index in [1.807, 2.05) is 42.5 Å². The molecule has 0 unspecified atom stereocenters. The lowest BCUT2D eigenvalue weighted by Gasteiger charge is -2.36. The van der Waals surface area contributed by atoms with E-state index in [0.717, 1.165) is 35.1 Å². The Morgan fingerprint density at radius 3 is 2.18 bits per heavy atom. The Kier molecular flexibility index (Phi) is 6.74. The lowest BCUT2D eigenvalue weighted by atomic mass is 10.2. The van der Waals surface area contributed by atoms with Gasteiger partial charge in [-0.15, -0.1) is 0 Å². The molecule has 1 saturated heterocycles. The van der Waals surface area contributed by atoms with Crippen LogP contribution in [0.5, 0.6) is 0 Å². The number of hydrogen-bond donors (Lipinski definition) is 0. The summed E-state index contributed by atoms with van der Waals surface area (Å²) in [5, 5.41) is 0. The average molecular weight is 466 g/mol. The zero-order valence-electron chi connectivity index (χ0n) is 15.8. The first-order valence-corrected chi connectivity index (χ1v) is 11.7. The number of nitrogens with zero attached hydrogens (tertiary/aromatic N) is 3. The molecule has 3 rings (SSSR count). The van der Waals surface area contributed by atoms with Gasteiger partial charge in [0.25, 0.3) is 0 Å². The maximum absolute atomic E-state index is 12.7. The Hall–Kier alpha value is -1.90. The van der Waals surface area contributed by atoms with Crippen LogP contribution in [0.4, 0.5) is 5.69 Å². The normalized spacial score (nSPS) is 15.1. The van der Waals surface area contributed by atoms with E-state index in [1.54, 1.807) is 4.90 Å². The summed E-state index contributed by atoms with van der Waals surface area (Å²) in [5.74, 6) is -0.157. The summed E-state index contributed by atoms with van der Waals surface area (Å²) < 4.78 is 26.6. The molecule has 0 bridgehead atoms. The number of carbonyl (C=O) groups excluding carboxylic acids is 1. The van der Waals surface area contributed by atoms with Gasteiger partial charge in [0, 0.05) is 42.9 Å². The second-order valence-corrected chi connectivity index (χ2v) is 9.76. The molecule has 0 spiro atoms. The van der Waals surface area contributed by atoms with Crippen molar-refractivity contribution in [3.8, 4) is 0 Å². The Morgan fingerprint density at radius 1 is 1.00 bits per heavy atom. The van der Waals surface area contributed by atoms with Gasteiger partial charge in [-0.05, 0) is 29.8 Å². The van der Waals surface area contributed by atoms with Crippen molar-refractivity contribution in [3.05, 3.63) is 64.6 Å². The predicted octanol–water partition coefficient (Wildman–Crippen LogP) is 2.56. The van der Waals surface area contributed by atoms with Crippen LogP contribution < -0.4 is 4.90 Å². The highest BCUT2D eigenvalue weighted by Crippen LogP contribution is 2.17. The van der Waals surface area contributed by atoms with Crippen molar-refractivity contribution in [1.82, 2.24) is 9.21 Å². The van der Waals surface area contributed by atoms with E-state index in [1.165, 1.54) is 4.31 Å². The van der Waals surface area contributed by atoms with Gasteiger partial charge in [0.15, 0.2) is 0 Å². The molecular weight excluding hydrogens is 442 g/mol. The quantitative estimate of drug-likeness (QED) is 0.657. The van der Waals surface area contributed by atoms with Gasteiger partial charge >= 0.3 is 0 Å². The van der Waals surface area contributed by atoms with Crippen LogP contribution in [0.25, 0.3) is 0 Å². The van der Waals surface area contributed by atoms with Crippen LogP contribution in [0.1, 0.15) is 5.56 Å². The molecule has 0 radical (unpaired) electrons. The van der Waals surface area contributed by atoms with Gasteiger partial charge in [0.05, 0.1) is 12.8 Å². The molecule has 0 saturated carbocycles. The molecule has 6 nitrogen and oxygen atoms in total. The van der Waals surface area contributed by atoms with Crippen LogP contribution in [0.15, 0.2) is 59.1 Å². The monoisotopic (exact) mass is 465 g/mol. The lowest BCUT2D eigenvalue weighted by Crippen LogP contribution is -2.51. The molecule has 0 N–H and O–H groups in total. The molecule has 8 heteroatoms. The molecule has 2 aromatic rings. The minimum absolute atomic E-state index is 0.139. The minimum atomic E-state index is -3.50. The maximum Gasteiger partial charge on any atom is 0.238 e. The largest absolute Gasteiger partial charge is 0.368 e. The fraction of sp³-hybridized carbons (Fsp3) is 0.350. The second-order valence-electron chi connectivity index (χ2n) is 6.86. The standard InChI is InChI=1S/C20H24BrN3O3S/c1-28(26,27)24(15-17-7-9-18(21)10-8-17)16-20(25)23-13-11-22(12-14-23)19-5-3-2-4-6-19/h2-10H,11-16H2,1H3. The molecule has 150 valence electrons. The summed E-state index contributed by atoms with van der Waals surface area (Å²) in [6, 6.07) is 17.5. The number of sulfonamides is 1. The van der Waals surface area contributed by atoms with E-state index in [-0.39, 0.29) is 19.0 Å². The fourth-order valence-electron chi connectivity index (χ4n) is 3.19. The highest BCUT2D eigenvalue weighted by molar-refractivity contribution is 9.10. The molecule has 1 fully saturated rings. The van der Waals surface area contributed by atoms with Crippen molar-refractivity contribution in [2.75, 3.05) is 43.9 Å². The average Bonchev–Trinajstić information content (AvgIpc) is 2.69. The third-order valence-electron chi connectivity index (χ3n) is 4.81. The summed E-state index contributed by atoms with van der Waals surface area (Å²) in [6.07, 6.45) is 1.15. The number of piperazine rings is 1. The van der Waals surface area contributed by atoms with E-state index >= 15 is 0 Å². The molecule has 1 amide bonds. The number of carbonyl (C=O) groups is 1.